The molecule has 1 aliphatic heterocycles. The number of carbonyl (C=O) groups excluding carboxylic acids is 3. The third kappa shape index (κ3) is 5.14. The molecule has 0 unspecified atom stereocenters. The number of hydrogen-bond donors (Lipinski definition) is 3. The van der Waals surface area contributed by atoms with E-state index in [2.05, 4.69) is 15.6 Å². The molecule has 0 bridgehead atoms. The Hall–Kier alpha value is -3.85. The van der Waals surface area contributed by atoms with Crippen molar-refractivity contribution in [1.29, 1.82) is 0 Å². The largest absolute Gasteiger partial charge is 0.357 e. The van der Waals surface area contributed by atoms with Crippen molar-refractivity contribution in [3.05, 3.63) is 82.7 Å². The molecule has 2 heterocycles. The summed E-state index contributed by atoms with van der Waals surface area (Å²) in [5, 5.41) is 5.85. The van der Waals surface area contributed by atoms with Gasteiger partial charge < -0.3 is 20.5 Å². The van der Waals surface area contributed by atoms with Crippen LogP contribution in [0.1, 0.15) is 38.4 Å². The Balaban J connectivity index is 1.64. The second-order valence-electron chi connectivity index (χ2n) is 8.31. The highest BCUT2D eigenvalue weighted by atomic mass is 19.1. The second kappa shape index (κ2) is 10.6. The predicted molar refractivity (Wildman–Crippen MR) is 127 cm³/mol. The van der Waals surface area contributed by atoms with E-state index in [9.17, 15) is 23.2 Å². The molecule has 0 atom stereocenters. The third-order valence-electron chi connectivity index (χ3n) is 6.08. The van der Waals surface area contributed by atoms with Gasteiger partial charge in [0.2, 0.25) is 11.7 Å². The number of ketones is 1. The maximum absolute atomic E-state index is 15.0. The fraction of sp³-hybridized carbons (Fsp3) is 0.269. The highest BCUT2D eigenvalue weighted by Gasteiger charge is 2.28. The molecule has 3 aromatic rings. The first kappa shape index (κ1) is 24.3. The standard InChI is InChI=1S/C26H26F2N4O3/c1-16-19(27)7-8-20(28)22(16)23-18(15-31-24(23)25(34)17-5-3-2-4-6-17)26(35)30-10-9-21(33)32-13-11-29-12-14-32/h2-8,15,29,31H,9-14H2,1H3,(H,30,35). The predicted octanol–water partition coefficient (Wildman–Crippen LogP) is 3.05. The van der Waals surface area contributed by atoms with Gasteiger partial charge in [-0.3, -0.25) is 14.4 Å². The molecule has 1 aromatic heterocycles. The monoisotopic (exact) mass is 480 g/mol. The lowest BCUT2D eigenvalue weighted by molar-refractivity contribution is -0.131. The van der Waals surface area contributed by atoms with E-state index >= 15 is 0 Å². The lowest BCUT2D eigenvalue weighted by Crippen LogP contribution is -2.47. The molecule has 0 spiro atoms. The van der Waals surface area contributed by atoms with Gasteiger partial charge in [-0.25, -0.2) is 8.78 Å². The van der Waals surface area contributed by atoms with E-state index in [0.717, 1.165) is 25.2 Å². The highest BCUT2D eigenvalue weighted by molar-refractivity contribution is 6.15. The van der Waals surface area contributed by atoms with Crippen molar-refractivity contribution in [2.24, 2.45) is 0 Å². The van der Waals surface area contributed by atoms with Crippen LogP contribution in [0.2, 0.25) is 0 Å². The average Bonchev–Trinajstić information content (AvgIpc) is 3.31. The molecule has 2 aromatic carbocycles. The molecule has 35 heavy (non-hydrogen) atoms. The Labute approximate surface area is 201 Å². The Morgan fingerprint density at radius 2 is 1.66 bits per heavy atom. The Kier molecular flexibility index (Phi) is 7.36. The highest BCUT2D eigenvalue weighted by Crippen LogP contribution is 2.35. The maximum atomic E-state index is 15.0. The number of carbonyl (C=O) groups is 3. The molecule has 0 aliphatic carbocycles. The summed E-state index contributed by atoms with van der Waals surface area (Å²) in [6, 6.07) is 10.3. The fourth-order valence-corrected chi connectivity index (χ4v) is 4.19. The van der Waals surface area contributed by atoms with E-state index in [1.807, 2.05) is 0 Å². The summed E-state index contributed by atoms with van der Waals surface area (Å²) in [4.78, 5) is 43.2. The van der Waals surface area contributed by atoms with Gasteiger partial charge in [0.15, 0.2) is 0 Å². The van der Waals surface area contributed by atoms with Crippen LogP contribution in [0.15, 0.2) is 48.7 Å². The lowest BCUT2D eigenvalue weighted by atomic mass is 9.93. The summed E-state index contributed by atoms with van der Waals surface area (Å²) in [5.74, 6) is -2.55. The van der Waals surface area contributed by atoms with E-state index in [1.54, 1.807) is 35.2 Å². The molecule has 4 rings (SSSR count). The maximum Gasteiger partial charge on any atom is 0.253 e. The Morgan fingerprint density at radius 3 is 2.37 bits per heavy atom. The van der Waals surface area contributed by atoms with Crippen LogP contribution in [0.25, 0.3) is 11.1 Å². The zero-order chi connectivity index (χ0) is 24.9. The van der Waals surface area contributed by atoms with Crippen LogP contribution in [0.5, 0.6) is 0 Å². The van der Waals surface area contributed by atoms with Crippen LogP contribution in [0, 0.1) is 18.6 Å². The van der Waals surface area contributed by atoms with Gasteiger partial charge in [-0.1, -0.05) is 30.3 Å². The van der Waals surface area contributed by atoms with Crippen molar-refractivity contribution in [2.75, 3.05) is 32.7 Å². The number of amides is 2. The van der Waals surface area contributed by atoms with Crippen molar-refractivity contribution in [3.8, 4) is 11.1 Å². The van der Waals surface area contributed by atoms with Gasteiger partial charge in [0.05, 0.1) is 11.3 Å². The van der Waals surface area contributed by atoms with Crippen molar-refractivity contribution in [2.45, 2.75) is 13.3 Å². The summed E-state index contributed by atoms with van der Waals surface area (Å²) >= 11 is 0. The molecule has 9 heteroatoms. The van der Waals surface area contributed by atoms with E-state index in [-0.39, 0.29) is 46.8 Å². The number of halogens is 2. The van der Waals surface area contributed by atoms with E-state index in [1.165, 1.54) is 13.1 Å². The minimum Gasteiger partial charge on any atom is -0.357 e. The minimum absolute atomic E-state index is 0.00787. The number of H-pyrrole nitrogens is 1. The zero-order valence-corrected chi connectivity index (χ0v) is 19.3. The van der Waals surface area contributed by atoms with Gasteiger partial charge >= 0.3 is 0 Å². The van der Waals surface area contributed by atoms with Gasteiger partial charge in [-0.05, 0) is 24.6 Å². The first-order valence-corrected chi connectivity index (χ1v) is 11.4. The van der Waals surface area contributed by atoms with Crippen molar-refractivity contribution < 1.29 is 23.2 Å². The number of piperazine rings is 1. The minimum atomic E-state index is -0.756. The number of benzene rings is 2. The van der Waals surface area contributed by atoms with Crippen LogP contribution < -0.4 is 10.6 Å². The van der Waals surface area contributed by atoms with Crippen molar-refractivity contribution in [1.82, 2.24) is 20.5 Å². The third-order valence-corrected chi connectivity index (χ3v) is 6.08. The van der Waals surface area contributed by atoms with Crippen LogP contribution in [-0.4, -0.2) is 60.2 Å². The summed E-state index contributed by atoms with van der Waals surface area (Å²) in [5.41, 5.74) is 0.109. The number of rotatable bonds is 7. The summed E-state index contributed by atoms with van der Waals surface area (Å²) in [6.07, 6.45) is 1.41. The molecule has 0 saturated carbocycles. The van der Waals surface area contributed by atoms with Gasteiger partial charge in [-0.15, -0.1) is 0 Å². The molecule has 7 nitrogen and oxygen atoms in total. The van der Waals surface area contributed by atoms with Gasteiger partial charge in [0.1, 0.15) is 11.6 Å². The number of hydrogen-bond acceptors (Lipinski definition) is 4. The van der Waals surface area contributed by atoms with Gasteiger partial charge in [-0.2, -0.15) is 0 Å². The Morgan fingerprint density at radius 1 is 0.971 bits per heavy atom. The molecule has 1 fully saturated rings. The lowest BCUT2D eigenvalue weighted by Gasteiger charge is -2.27. The molecular formula is C26H26F2N4O3. The second-order valence-corrected chi connectivity index (χ2v) is 8.31. The molecular weight excluding hydrogens is 454 g/mol. The number of nitrogens with zero attached hydrogens (tertiary/aromatic N) is 1. The molecule has 1 saturated heterocycles. The topological polar surface area (TPSA) is 94.3 Å². The number of aromatic amines is 1. The number of aromatic nitrogens is 1. The quantitative estimate of drug-likeness (QED) is 0.453. The van der Waals surface area contributed by atoms with Gasteiger partial charge in [0.25, 0.3) is 5.91 Å². The SMILES string of the molecule is Cc1c(F)ccc(F)c1-c1c(C(=O)NCCC(=O)N2CCNCC2)c[nH]c1C(=O)c1ccccc1. The van der Waals surface area contributed by atoms with Crippen LogP contribution >= 0.6 is 0 Å². The molecule has 3 N–H and O–H groups in total. The first-order chi connectivity index (χ1) is 16.9. The van der Waals surface area contributed by atoms with E-state index in [0.29, 0.717) is 18.7 Å². The molecule has 2 amide bonds. The average molecular weight is 481 g/mol. The number of nitrogens with one attached hydrogen (secondary N) is 3. The van der Waals surface area contributed by atoms with E-state index in [4.69, 9.17) is 0 Å². The van der Waals surface area contributed by atoms with E-state index < -0.39 is 23.3 Å². The Bertz CT molecular complexity index is 1250. The van der Waals surface area contributed by atoms with Crippen LogP contribution in [-0.2, 0) is 4.79 Å². The van der Waals surface area contributed by atoms with Crippen LogP contribution in [0.4, 0.5) is 8.78 Å². The van der Waals surface area contributed by atoms with Crippen molar-refractivity contribution >= 4 is 17.6 Å². The molecule has 0 radical (unpaired) electrons. The molecule has 182 valence electrons. The normalized spacial score (nSPS) is 13.5. The van der Waals surface area contributed by atoms with Crippen LogP contribution in [0.3, 0.4) is 0 Å². The summed E-state index contributed by atoms with van der Waals surface area (Å²) in [7, 11) is 0. The fourth-order valence-electron chi connectivity index (χ4n) is 4.19. The smallest absolute Gasteiger partial charge is 0.253 e. The first-order valence-electron chi connectivity index (χ1n) is 11.4. The summed E-state index contributed by atoms with van der Waals surface area (Å²) in [6.45, 7) is 4.13. The summed E-state index contributed by atoms with van der Waals surface area (Å²) < 4.78 is 29.4. The van der Waals surface area contributed by atoms with Gasteiger partial charge in [0, 0.05) is 62.0 Å². The molecule has 1 aliphatic rings. The van der Waals surface area contributed by atoms with Crippen molar-refractivity contribution in [3.63, 3.8) is 0 Å². The zero-order valence-electron chi connectivity index (χ0n) is 19.3.